The van der Waals surface area contributed by atoms with Gasteiger partial charge in [0.25, 0.3) is 0 Å². The molecule has 1 aromatic carbocycles. The van der Waals surface area contributed by atoms with E-state index in [0.29, 0.717) is 38.8 Å². The fraction of sp³-hybridized carbons (Fsp3) is 0.500. The van der Waals surface area contributed by atoms with Crippen molar-refractivity contribution in [2.24, 2.45) is 11.8 Å². The Balaban J connectivity index is 1.40. The lowest BCUT2D eigenvalue weighted by molar-refractivity contribution is -0.152. The molecule has 1 fully saturated rings. The molecule has 2 unspecified atom stereocenters. The zero-order valence-electron chi connectivity index (χ0n) is 13.5. The van der Waals surface area contributed by atoms with Gasteiger partial charge >= 0.3 is 5.97 Å². The Morgan fingerprint density at radius 3 is 2.62 bits per heavy atom. The van der Waals surface area contributed by atoms with Gasteiger partial charge in [-0.2, -0.15) is 0 Å². The van der Waals surface area contributed by atoms with Gasteiger partial charge in [0.15, 0.2) is 0 Å². The van der Waals surface area contributed by atoms with Crippen LogP contribution in [0.2, 0.25) is 0 Å². The lowest BCUT2D eigenvalue weighted by Crippen LogP contribution is -2.44. The van der Waals surface area contributed by atoms with Gasteiger partial charge in [-0.05, 0) is 37.3 Å². The lowest BCUT2D eigenvalue weighted by atomic mass is 9.73. The fourth-order valence-electron chi connectivity index (χ4n) is 3.42. The van der Waals surface area contributed by atoms with Gasteiger partial charge < -0.3 is 15.3 Å². The quantitative estimate of drug-likeness (QED) is 0.776. The number of nitrogens with one attached hydrogen (secondary N) is 1. The number of para-hydroxylation sites is 1. The van der Waals surface area contributed by atoms with Crippen LogP contribution in [0.5, 0.6) is 0 Å². The molecule has 1 heterocycles. The molecule has 0 aromatic heterocycles. The van der Waals surface area contributed by atoms with Gasteiger partial charge in [-0.25, -0.2) is 0 Å². The molecule has 6 heteroatoms. The first kappa shape index (κ1) is 16.5. The van der Waals surface area contributed by atoms with Gasteiger partial charge in [0.2, 0.25) is 11.8 Å². The van der Waals surface area contributed by atoms with E-state index in [1.807, 2.05) is 29.2 Å². The maximum absolute atomic E-state index is 12.3. The third kappa shape index (κ3) is 3.27. The van der Waals surface area contributed by atoms with E-state index in [2.05, 4.69) is 5.32 Å². The number of carbonyl (C=O) groups excluding carboxylic acids is 2. The maximum atomic E-state index is 12.3. The number of fused-ring (bicyclic) bond motifs is 1. The molecule has 0 saturated heterocycles. The lowest BCUT2D eigenvalue weighted by Gasteiger charge is -2.31. The molecule has 0 spiro atoms. The van der Waals surface area contributed by atoms with Crippen molar-refractivity contribution in [2.75, 3.05) is 18.0 Å². The van der Waals surface area contributed by atoms with Crippen LogP contribution in [0.3, 0.4) is 0 Å². The van der Waals surface area contributed by atoms with Crippen LogP contribution in [0, 0.1) is 11.8 Å². The second-order valence-electron chi connectivity index (χ2n) is 6.45. The van der Waals surface area contributed by atoms with E-state index in [1.54, 1.807) is 0 Å². The first-order valence-corrected chi connectivity index (χ1v) is 8.46. The Morgan fingerprint density at radius 2 is 1.92 bits per heavy atom. The standard InChI is InChI=1S/C18H22N2O4/c21-16(20-11-9-12-4-1-2-5-15(12)20)6-3-10-19-17(22)13-7-8-14(13)18(23)24/h1-2,4-5,13-14H,3,6-11H2,(H,19,22)(H,23,24). The van der Waals surface area contributed by atoms with Gasteiger partial charge in [-0.1, -0.05) is 18.2 Å². The second kappa shape index (κ2) is 7.03. The van der Waals surface area contributed by atoms with Crippen molar-refractivity contribution in [1.82, 2.24) is 5.32 Å². The number of carboxylic acids is 1. The molecule has 1 aliphatic carbocycles. The Bertz CT molecular complexity index is 658. The van der Waals surface area contributed by atoms with Gasteiger partial charge in [0.1, 0.15) is 0 Å². The zero-order chi connectivity index (χ0) is 17.1. The number of carboxylic acid groups (broad SMARTS) is 1. The fourth-order valence-corrected chi connectivity index (χ4v) is 3.42. The highest BCUT2D eigenvalue weighted by molar-refractivity contribution is 5.95. The van der Waals surface area contributed by atoms with Crippen molar-refractivity contribution in [1.29, 1.82) is 0 Å². The van der Waals surface area contributed by atoms with Crippen LogP contribution in [0.25, 0.3) is 0 Å². The normalized spacial score (nSPS) is 21.8. The van der Waals surface area contributed by atoms with Crippen LogP contribution in [-0.4, -0.2) is 36.0 Å². The van der Waals surface area contributed by atoms with Crippen LogP contribution in [0.4, 0.5) is 5.69 Å². The number of carbonyl (C=O) groups is 3. The molecule has 1 aromatic rings. The highest BCUT2D eigenvalue weighted by atomic mass is 16.4. The molecule has 3 rings (SSSR count). The van der Waals surface area contributed by atoms with Crippen LogP contribution in [0.1, 0.15) is 31.2 Å². The SMILES string of the molecule is O=C(O)C1CCC1C(=O)NCCCC(=O)N1CCc2ccccc21. The molecule has 128 valence electrons. The number of anilines is 1. The monoisotopic (exact) mass is 330 g/mol. The minimum absolute atomic E-state index is 0.0706. The van der Waals surface area contributed by atoms with E-state index >= 15 is 0 Å². The molecule has 6 nitrogen and oxygen atoms in total. The van der Waals surface area contributed by atoms with Crippen molar-refractivity contribution in [3.63, 3.8) is 0 Å². The predicted octanol–water partition coefficient (Wildman–Crippen LogP) is 1.58. The summed E-state index contributed by atoms with van der Waals surface area (Å²) in [7, 11) is 0. The molecule has 2 atom stereocenters. The van der Waals surface area contributed by atoms with Crippen LogP contribution in [-0.2, 0) is 20.8 Å². The van der Waals surface area contributed by atoms with E-state index in [1.165, 1.54) is 5.56 Å². The number of hydrogen-bond donors (Lipinski definition) is 2. The minimum Gasteiger partial charge on any atom is -0.481 e. The molecule has 0 radical (unpaired) electrons. The second-order valence-corrected chi connectivity index (χ2v) is 6.45. The number of hydrogen-bond acceptors (Lipinski definition) is 3. The molecule has 1 saturated carbocycles. The highest BCUT2D eigenvalue weighted by Gasteiger charge is 2.41. The topological polar surface area (TPSA) is 86.7 Å². The van der Waals surface area contributed by atoms with E-state index in [0.717, 1.165) is 12.1 Å². The first-order chi connectivity index (χ1) is 11.6. The average Bonchev–Trinajstić information content (AvgIpc) is 2.93. The van der Waals surface area contributed by atoms with Crippen molar-refractivity contribution in [3.8, 4) is 0 Å². The summed E-state index contributed by atoms with van der Waals surface area (Å²) in [4.78, 5) is 37.0. The van der Waals surface area contributed by atoms with Crippen molar-refractivity contribution in [3.05, 3.63) is 29.8 Å². The zero-order valence-corrected chi connectivity index (χ0v) is 13.5. The van der Waals surface area contributed by atoms with Gasteiger partial charge in [0, 0.05) is 25.2 Å². The van der Waals surface area contributed by atoms with Crippen molar-refractivity contribution < 1.29 is 19.5 Å². The maximum Gasteiger partial charge on any atom is 0.307 e. The van der Waals surface area contributed by atoms with E-state index in [4.69, 9.17) is 5.11 Å². The largest absolute Gasteiger partial charge is 0.481 e. The number of benzene rings is 1. The molecular weight excluding hydrogens is 308 g/mol. The summed E-state index contributed by atoms with van der Waals surface area (Å²) < 4.78 is 0. The Kier molecular flexibility index (Phi) is 4.83. The third-order valence-electron chi connectivity index (χ3n) is 4.98. The number of amides is 2. The van der Waals surface area contributed by atoms with Gasteiger partial charge in [-0.15, -0.1) is 0 Å². The Labute approximate surface area is 140 Å². The number of nitrogens with zero attached hydrogens (tertiary/aromatic N) is 1. The summed E-state index contributed by atoms with van der Waals surface area (Å²) in [5.41, 5.74) is 2.19. The molecule has 0 bridgehead atoms. The Hall–Kier alpha value is -2.37. The Morgan fingerprint density at radius 1 is 1.17 bits per heavy atom. The summed E-state index contributed by atoms with van der Waals surface area (Å²) in [6, 6.07) is 7.92. The van der Waals surface area contributed by atoms with Gasteiger partial charge in [0.05, 0.1) is 11.8 Å². The minimum atomic E-state index is -0.899. The summed E-state index contributed by atoms with van der Waals surface area (Å²) in [6.45, 7) is 1.12. The number of rotatable bonds is 6. The van der Waals surface area contributed by atoms with Gasteiger partial charge in [-0.3, -0.25) is 14.4 Å². The highest BCUT2D eigenvalue weighted by Crippen LogP contribution is 2.34. The van der Waals surface area contributed by atoms with Crippen LogP contribution in [0.15, 0.2) is 24.3 Å². The smallest absolute Gasteiger partial charge is 0.307 e. The van der Waals surface area contributed by atoms with E-state index < -0.39 is 17.8 Å². The number of aliphatic carboxylic acids is 1. The summed E-state index contributed by atoms with van der Waals surface area (Å²) in [5, 5.41) is 11.7. The summed E-state index contributed by atoms with van der Waals surface area (Å²) in [5.74, 6) is -1.99. The predicted molar refractivity (Wildman–Crippen MR) is 88.6 cm³/mol. The van der Waals surface area contributed by atoms with E-state index in [-0.39, 0.29) is 11.8 Å². The van der Waals surface area contributed by atoms with Crippen molar-refractivity contribution in [2.45, 2.75) is 32.1 Å². The molecule has 2 aliphatic rings. The first-order valence-electron chi connectivity index (χ1n) is 8.46. The average molecular weight is 330 g/mol. The molecular formula is C18H22N2O4. The molecule has 2 amide bonds. The molecule has 1 aliphatic heterocycles. The summed E-state index contributed by atoms with van der Waals surface area (Å²) >= 11 is 0. The molecule has 2 N–H and O–H groups in total. The van der Waals surface area contributed by atoms with Crippen LogP contribution >= 0.6 is 0 Å². The third-order valence-corrected chi connectivity index (χ3v) is 4.98. The van der Waals surface area contributed by atoms with Crippen molar-refractivity contribution >= 4 is 23.5 Å². The summed E-state index contributed by atoms with van der Waals surface area (Å²) in [6.07, 6.45) is 3.03. The van der Waals surface area contributed by atoms with E-state index in [9.17, 15) is 14.4 Å². The molecule has 24 heavy (non-hydrogen) atoms. The van der Waals surface area contributed by atoms with Crippen LogP contribution < -0.4 is 10.2 Å².